The van der Waals surface area contributed by atoms with Gasteiger partial charge < -0.3 is 5.73 Å². The third-order valence-electron chi connectivity index (χ3n) is 2.25. The van der Waals surface area contributed by atoms with Gasteiger partial charge in [0.2, 0.25) is 0 Å². The summed E-state index contributed by atoms with van der Waals surface area (Å²) in [6.07, 6.45) is 1.88. The average molecular weight is 253 g/mol. The van der Waals surface area contributed by atoms with E-state index in [4.69, 9.17) is 5.73 Å². The van der Waals surface area contributed by atoms with Crippen LogP contribution in [0.15, 0.2) is 24.4 Å². The molecule has 0 spiro atoms. The molecule has 2 aromatic rings. The van der Waals surface area contributed by atoms with E-state index < -0.39 is 0 Å². The Kier molecular flexibility index (Phi) is 4.01. The summed E-state index contributed by atoms with van der Waals surface area (Å²) in [6.45, 7) is 3.12. The fourth-order valence-electron chi connectivity index (χ4n) is 1.55. The van der Waals surface area contributed by atoms with Crippen molar-refractivity contribution in [1.82, 2.24) is 9.78 Å². The number of benzene rings is 1. The molecule has 0 radical (unpaired) electrons. The number of aryl methyl sites for hydroxylation is 1. The van der Waals surface area contributed by atoms with Crippen LogP contribution in [0.2, 0.25) is 0 Å². The van der Waals surface area contributed by atoms with Crippen LogP contribution in [0.1, 0.15) is 6.92 Å². The second kappa shape index (κ2) is 5.50. The molecule has 0 saturated heterocycles. The molecule has 0 saturated carbocycles. The summed E-state index contributed by atoms with van der Waals surface area (Å²) >= 11 is 0. The van der Waals surface area contributed by atoms with E-state index in [-0.39, 0.29) is 0 Å². The topological polar surface area (TPSA) is 43.8 Å². The maximum atomic E-state index is 5.73. The van der Waals surface area contributed by atoms with E-state index in [0.29, 0.717) is 0 Å². The first-order valence-corrected chi connectivity index (χ1v) is 7.75. The summed E-state index contributed by atoms with van der Waals surface area (Å²) in [5.41, 5.74) is 7.69. The minimum atomic E-state index is 0.794. The lowest BCUT2D eigenvalue weighted by Gasteiger charge is -2.02. The number of rotatable bonds is 5. The monoisotopic (exact) mass is 253 g/mol. The summed E-state index contributed by atoms with van der Waals surface area (Å²) in [6, 6.07) is 5.93. The smallest absolute Gasteiger partial charge is 0.0684 e. The first kappa shape index (κ1) is 11.7. The van der Waals surface area contributed by atoms with E-state index in [9.17, 15) is 0 Å². The molecule has 0 fully saturated rings. The van der Waals surface area contributed by atoms with E-state index in [1.807, 2.05) is 50.7 Å². The summed E-state index contributed by atoms with van der Waals surface area (Å²) in [4.78, 5) is 0. The lowest BCUT2D eigenvalue weighted by Crippen LogP contribution is -2.01. The predicted molar refractivity (Wildman–Crippen MR) is 74.7 cm³/mol. The molecule has 0 aliphatic carbocycles. The van der Waals surface area contributed by atoms with Crippen molar-refractivity contribution in [3.63, 3.8) is 0 Å². The van der Waals surface area contributed by atoms with Crippen molar-refractivity contribution in [2.24, 2.45) is 0 Å². The van der Waals surface area contributed by atoms with Crippen LogP contribution in [0.25, 0.3) is 10.9 Å². The molecule has 1 heterocycles. The molecule has 16 heavy (non-hydrogen) atoms. The van der Waals surface area contributed by atoms with Gasteiger partial charge in [0, 0.05) is 22.6 Å². The number of nitrogen functional groups attached to an aromatic ring is 1. The predicted octanol–water partition coefficient (Wildman–Crippen LogP) is 3.02. The molecule has 0 aliphatic rings. The van der Waals surface area contributed by atoms with Crippen molar-refractivity contribution in [1.29, 1.82) is 0 Å². The van der Waals surface area contributed by atoms with E-state index in [1.165, 1.54) is 0 Å². The summed E-state index contributed by atoms with van der Waals surface area (Å²) < 4.78 is 2.04. The molecule has 0 atom stereocenters. The van der Waals surface area contributed by atoms with Crippen LogP contribution in [-0.2, 0) is 6.54 Å². The van der Waals surface area contributed by atoms with Crippen molar-refractivity contribution in [2.75, 3.05) is 17.2 Å². The maximum Gasteiger partial charge on any atom is 0.0684 e. The van der Waals surface area contributed by atoms with E-state index >= 15 is 0 Å². The molecule has 1 aromatic carbocycles. The lowest BCUT2D eigenvalue weighted by atomic mass is 10.2. The zero-order valence-corrected chi connectivity index (χ0v) is 10.9. The highest BCUT2D eigenvalue weighted by Crippen LogP contribution is 2.22. The van der Waals surface area contributed by atoms with E-state index in [0.717, 1.165) is 34.6 Å². The zero-order valence-electron chi connectivity index (χ0n) is 9.22. The van der Waals surface area contributed by atoms with Crippen LogP contribution in [-0.4, -0.2) is 21.3 Å². The normalized spacial score (nSPS) is 11.1. The first-order chi connectivity index (χ1) is 7.81. The minimum Gasteiger partial charge on any atom is -0.399 e. The Labute approximate surface area is 103 Å². The quantitative estimate of drug-likeness (QED) is 0.505. The SMILES string of the molecule is CCSSCCn1ncc2cc(N)ccc21. The Morgan fingerprint density at radius 2 is 2.25 bits per heavy atom. The van der Waals surface area contributed by atoms with Gasteiger partial charge in [0.25, 0.3) is 0 Å². The van der Waals surface area contributed by atoms with Crippen LogP contribution in [0.3, 0.4) is 0 Å². The fourth-order valence-corrected chi connectivity index (χ4v) is 3.16. The zero-order chi connectivity index (χ0) is 11.4. The van der Waals surface area contributed by atoms with Crippen LogP contribution < -0.4 is 5.73 Å². The molecule has 5 heteroatoms. The Balaban J connectivity index is 2.07. The van der Waals surface area contributed by atoms with Gasteiger partial charge in [-0.25, -0.2) is 0 Å². The number of hydrogen-bond donors (Lipinski definition) is 1. The largest absolute Gasteiger partial charge is 0.399 e. The molecular weight excluding hydrogens is 238 g/mol. The number of hydrogen-bond acceptors (Lipinski definition) is 4. The first-order valence-electron chi connectivity index (χ1n) is 5.26. The Hall–Kier alpha value is -0.810. The second-order valence-electron chi connectivity index (χ2n) is 3.41. The minimum absolute atomic E-state index is 0.794. The summed E-state index contributed by atoms with van der Waals surface area (Å²) in [5.74, 6) is 2.24. The number of fused-ring (bicyclic) bond motifs is 1. The Bertz CT molecular complexity index is 467. The number of nitrogens with two attached hydrogens (primary N) is 1. The van der Waals surface area contributed by atoms with Gasteiger partial charge in [0.05, 0.1) is 18.3 Å². The van der Waals surface area contributed by atoms with Gasteiger partial charge in [0.1, 0.15) is 0 Å². The van der Waals surface area contributed by atoms with Gasteiger partial charge in [-0.15, -0.1) is 0 Å². The third kappa shape index (κ3) is 2.65. The van der Waals surface area contributed by atoms with Crippen molar-refractivity contribution in [2.45, 2.75) is 13.5 Å². The van der Waals surface area contributed by atoms with E-state index in [2.05, 4.69) is 12.0 Å². The maximum absolute atomic E-state index is 5.73. The Morgan fingerprint density at radius 1 is 1.38 bits per heavy atom. The molecule has 3 nitrogen and oxygen atoms in total. The average Bonchev–Trinajstić information content (AvgIpc) is 2.67. The lowest BCUT2D eigenvalue weighted by molar-refractivity contribution is 0.692. The van der Waals surface area contributed by atoms with Gasteiger partial charge in [0.15, 0.2) is 0 Å². The van der Waals surface area contributed by atoms with Gasteiger partial charge in [-0.3, -0.25) is 4.68 Å². The highest BCUT2D eigenvalue weighted by Gasteiger charge is 2.02. The third-order valence-corrected chi connectivity index (χ3v) is 4.71. The van der Waals surface area contributed by atoms with Crippen molar-refractivity contribution >= 4 is 38.2 Å². The molecule has 0 amide bonds. The molecule has 2 N–H and O–H groups in total. The molecule has 0 aliphatic heterocycles. The molecule has 2 rings (SSSR count). The van der Waals surface area contributed by atoms with Crippen molar-refractivity contribution in [3.05, 3.63) is 24.4 Å². The molecule has 1 aromatic heterocycles. The Morgan fingerprint density at radius 3 is 3.06 bits per heavy atom. The van der Waals surface area contributed by atoms with Gasteiger partial charge >= 0.3 is 0 Å². The van der Waals surface area contributed by atoms with E-state index in [1.54, 1.807) is 0 Å². The van der Waals surface area contributed by atoms with Crippen molar-refractivity contribution in [3.8, 4) is 0 Å². The summed E-state index contributed by atoms with van der Waals surface area (Å²) in [5, 5.41) is 5.49. The van der Waals surface area contributed by atoms with Crippen LogP contribution in [0.4, 0.5) is 5.69 Å². The number of nitrogens with zero attached hydrogens (tertiary/aromatic N) is 2. The molecule has 0 unspecified atom stereocenters. The fraction of sp³-hybridized carbons (Fsp3) is 0.364. The van der Waals surface area contributed by atoms with Gasteiger partial charge in [-0.05, 0) is 18.2 Å². The van der Waals surface area contributed by atoms with Gasteiger partial charge in [-0.1, -0.05) is 28.5 Å². The van der Waals surface area contributed by atoms with Gasteiger partial charge in [-0.2, -0.15) is 5.10 Å². The number of aromatic nitrogens is 2. The number of anilines is 1. The second-order valence-corrected chi connectivity index (χ2v) is 6.29. The molecule has 0 bridgehead atoms. The standard InChI is InChI=1S/C11H15N3S2/c1-2-15-16-6-5-14-11-4-3-10(12)7-9(11)8-13-14/h3-4,7-8H,2,5-6,12H2,1H3. The molecular formula is C11H15N3S2. The van der Waals surface area contributed by atoms with Crippen LogP contribution in [0.5, 0.6) is 0 Å². The molecule has 86 valence electrons. The summed E-state index contributed by atoms with van der Waals surface area (Å²) in [7, 11) is 3.79. The highest BCUT2D eigenvalue weighted by molar-refractivity contribution is 8.76. The van der Waals surface area contributed by atoms with Crippen molar-refractivity contribution < 1.29 is 0 Å². The highest BCUT2D eigenvalue weighted by atomic mass is 33.1. The van der Waals surface area contributed by atoms with Crippen LogP contribution >= 0.6 is 21.6 Å². The van der Waals surface area contributed by atoms with Crippen LogP contribution in [0, 0.1) is 0 Å².